The van der Waals surface area contributed by atoms with Crippen LogP contribution in [0.5, 0.6) is 0 Å². The van der Waals surface area contributed by atoms with E-state index in [9.17, 15) is 0 Å². The van der Waals surface area contributed by atoms with Crippen LogP contribution in [0.25, 0.3) is 0 Å². The number of rotatable bonds is 3. The Kier molecular flexibility index (Phi) is 4.04. The minimum atomic E-state index is 0.131. The summed E-state index contributed by atoms with van der Waals surface area (Å²) in [4.78, 5) is 0. The normalized spacial score (nSPS) is 12.9. The zero-order valence-corrected chi connectivity index (χ0v) is 9.07. The van der Waals surface area contributed by atoms with E-state index in [0.717, 1.165) is 17.0 Å². The molecule has 1 unspecified atom stereocenters. The lowest BCUT2D eigenvalue weighted by molar-refractivity contribution is 0.901. The van der Waals surface area contributed by atoms with E-state index in [4.69, 9.17) is 28.9 Å². The maximum Gasteiger partial charge on any atom is 0.0409 e. The lowest BCUT2D eigenvalue weighted by Gasteiger charge is -2.09. The molecule has 0 aromatic heterocycles. The van der Waals surface area contributed by atoms with Crippen molar-refractivity contribution in [2.45, 2.75) is 25.3 Å². The van der Waals surface area contributed by atoms with Crippen LogP contribution in [0.2, 0.25) is 5.02 Å². The van der Waals surface area contributed by atoms with Crippen LogP contribution in [0.15, 0.2) is 18.2 Å². The molecule has 1 aromatic rings. The van der Waals surface area contributed by atoms with Gasteiger partial charge in [0, 0.05) is 16.9 Å². The number of nitrogens with two attached hydrogens (primary N) is 1. The maximum atomic E-state index is 5.91. The van der Waals surface area contributed by atoms with E-state index in [0.29, 0.717) is 6.54 Å². The second kappa shape index (κ2) is 4.85. The first-order valence-electron chi connectivity index (χ1n) is 4.25. The average molecular weight is 218 g/mol. The molecule has 3 heteroatoms. The molecule has 1 atom stereocenters. The number of alkyl halides is 1. The highest BCUT2D eigenvalue weighted by atomic mass is 35.5. The van der Waals surface area contributed by atoms with E-state index in [2.05, 4.69) is 0 Å². The van der Waals surface area contributed by atoms with Gasteiger partial charge in [-0.25, -0.2) is 0 Å². The van der Waals surface area contributed by atoms with Crippen LogP contribution >= 0.6 is 23.2 Å². The molecule has 1 nitrogen and oxygen atoms in total. The predicted octanol–water partition coefficient (Wildman–Crippen LogP) is 2.97. The third kappa shape index (κ3) is 3.18. The second-order valence-corrected chi connectivity index (χ2v) is 4.28. The number of hydrogen-bond donors (Lipinski definition) is 1. The zero-order chi connectivity index (χ0) is 9.84. The minimum absolute atomic E-state index is 0.131. The van der Waals surface area contributed by atoms with Gasteiger partial charge < -0.3 is 5.73 Å². The molecule has 0 radical (unpaired) electrons. The van der Waals surface area contributed by atoms with E-state index in [1.54, 1.807) is 0 Å². The average Bonchev–Trinajstić information content (AvgIpc) is 2.07. The molecule has 0 saturated carbocycles. The molecule has 0 aliphatic heterocycles. The summed E-state index contributed by atoms with van der Waals surface area (Å²) in [6.45, 7) is 2.48. The topological polar surface area (TPSA) is 26.0 Å². The smallest absolute Gasteiger partial charge is 0.0409 e. The standard InChI is InChI=1S/C10H13Cl2N/c1-7(11)4-8-2-3-10(12)5-9(8)6-13/h2-3,5,7H,4,6,13H2,1H3. The molecule has 72 valence electrons. The van der Waals surface area contributed by atoms with Crippen LogP contribution in [-0.2, 0) is 13.0 Å². The summed E-state index contributed by atoms with van der Waals surface area (Å²) in [6, 6.07) is 5.76. The van der Waals surface area contributed by atoms with E-state index in [-0.39, 0.29) is 5.38 Å². The number of hydrogen-bond acceptors (Lipinski definition) is 1. The summed E-state index contributed by atoms with van der Waals surface area (Å²) < 4.78 is 0. The highest BCUT2D eigenvalue weighted by Crippen LogP contribution is 2.18. The quantitative estimate of drug-likeness (QED) is 0.775. The molecule has 0 amide bonds. The van der Waals surface area contributed by atoms with Gasteiger partial charge >= 0.3 is 0 Å². The third-order valence-corrected chi connectivity index (χ3v) is 2.28. The Hall–Kier alpha value is -0.240. The summed E-state index contributed by atoms with van der Waals surface area (Å²) in [6.07, 6.45) is 0.839. The van der Waals surface area contributed by atoms with Gasteiger partial charge in [0.2, 0.25) is 0 Å². The summed E-state index contributed by atoms with van der Waals surface area (Å²) in [7, 11) is 0. The molecule has 13 heavy (non-hydrogen) atoms. The van der Waals surface area contributed by atoms with E-state index in [1.165, 1.54) is 5.56 Å². The van der Waals surface area contributed by atoms with Crippen molar-refractivity contribution in [3.05, 3.63) is 34.3 Å². The molecule has 0 saturated heterocycles. The summed E-state index contributed by atoms with van der Waals surface area (Å²) in [5.41, 5.74) is 7.87. The Morgan fingerprint density at radius 1 is 1.38 bits per heavy atom. The fourth-order valence-corrected chi connectivity index (χ4v) is 1.65. The first kappa shape index (κ1) is 10.8. The first-order chi connectivity index (χ1) is 6.13. The van der Waals surface area contributed by atoms with Gasteiger partial charge in [-0.3, -0.25) is 0 Å². The van der Waals surface area contributed by atoms with Gasteiger partial charge in [0.05, 0.1) is 0 Å². The lowest BCUT2D eigenvalue weighted by Crippen LogP contribution is -2.05. The van der Waals surface area contributed by atoms with Gasteiger partial charge in [-0.05, 0) is 36.6 Å². The van der Waals surface area contributed by atoms with Crippen molar-refractivity contribution in [2.24, 2.45) is 5.73 Å². The van der Waals surface area contributed by atoms with Crippen LogP contribution in [0.1, 0.15) is 18.1 Å². The summed E-state index contributed by atoms with van der Waals surface area (Å²) >= 11 is 11.8. The molecular formula is C10H13Cl2N. The van der Waals surface area contributed by atoms with Crippen molar-refractivity contribution in [3.63, 3.8) is 0 Å². The zero-order valence-electron chi connectivity index (χ0n) is 7.56. The molecule has 0 aliphatic carbocycles. The fourth-order valence-electron chi connectivity index (χ4n) is 1.29. The molecule has 0 spiro atoms. The van der Waals surface area contributed by atoms with E-state index >= 15 is 0 Å². The molecular weight excluding hydrogens is 205 g/mol. The van der Waals surface area contributed by atoms with Crippen molar-refractivity contribution in [1.82, 2.24) is 0 Å². The second-order valence-electron chi connectivity index (χ2n) is 3.10. The molecule has 1 rings (SSSR count). The van der Waals surface area contributed by atoms with Crippen molar-refractivity contribution in [3.8, 4) is 0 Å². The van der Waals surface area contributed by atoms with Crippen molar-refractivity contribution >= 4 is 23.2 Å². The predicted molar refractivity (Wildman–Crippen MR) is 58.4 cm³/mol. The van der Waals surface area contributed by atoms with Gasteiger partial charge in [0.15, 0.2) is 0 Å². The van der Waals surface area contributed by atoms with E-state index in [1.807, 2.05) is 25.1 Å². The Labute approximate surface area is 88.8 Å². The van der Waals surface area contributed by atoms with Crippen molar-refractivity contribution < 1.29 is 0 Å². The monoisotopic (exact) mass is 217 g/mol. The molecule has 1 aromatic carbocycles. The van der Waals surface area contributed by atoms with Gasteiger partial charge in [-0.2, -0.15) is 0 Å². The fraction of sp³-hybridized carbons (Fsp3) is 0.400. The van der Waals surface area contributed by atoms with Crippen molar-refractivity contribution in [1.29, 1.82) is 0 Å². The Morgan fingerprint density at radius 3 is 2.62 bits per heavy atom. The Morgan fingerprint density at radius 2 is 2.08 bits per heavy atom. The Bertz CT molecular complexity index is 284. The first-order valence-corrected chi connectivity index (χ1v) is 5.06. The third-order valence-electron chi connectivity index (χ3n) is 1.89. The highest BCUT2D eigenvalue weighted by Gasteiger charge is 2.04. The lowest BCUT2D eigenvalue weighted by atomic mass is 10.0. The molecule has 2 N–H and O–H groups in total. The van der Waals surface area contributed by atoms with Gasteiger partial charge in [0.25, 0.3) is 0 Å². The largest absolute Gasteiger partial charge is 0.326 e. The SMILES string of the molecule is CC(Cl)Cc1ccc(Cl)cc1CN. The number of benzene rings is 1. The summed E-state index contributed by atoms with van der Waals surface area (Å²) in [5, 5.41) is 0.859. The van der Waals surface area contributed by atoms with Crippen LogP contribution in [0.3, 0.4) is 0 Å². The molecule has 0 aliphatic rings. The van der Waals surface area contributed by atoms with Crippen LogP contribution in [0.4, 0.5) is 0 Å². The van der Waals surface area contributed by atoms with E-state index < -0.39 is 0 Å². The van der Waals surface area contributed by atoms with Crippen LogP contribution in [0, 0.1) is 0 Å². The van der Waals surface area contributed by atoms with Crippen LogP contribution in [-0.4, -0.2) is 5.38 Å². The minimum Gasteiger partial charge on any atom is -0.326 e. The highest BCUT2D eigenvalue weighted by molar-refractivity contribution is 6.30. The van der Waals surface area contributed by atoms with Gasteiger partial charge in [-0.15, -0.1) is 11.6 Å². The van der Waals surface area contributed by atoms with Gasteiger partial charge in [-0.1, -0.05) is 17.7 Å². The summed E-state index contributed by atoms with van der Waals surface area (Å²) in [5.74, 6) is 0. The molecule has 0 heterocycles. The van der Waals surface area contributed by atoms with Gasteiger partial charge in [0.1, 0.15) is 0 Å². The van der Waals surface area contributed by atoms with Crippen LogP contribution < -0.4 is 5.73 Å². The molecule has 0 fully saturated rings. The Balaban J connectivity index is 2.92. The number of halogens is 2. The van der Waals surface area contributed by atoms with Crippen molar-refractivity contribution in [2.75, 3.05) is 0 Å². The maximum absolute atomic E-state index is 5.91. The molecule has 0 bridgehead atoms.